The van der Waals surface area contributed by atoms with Crippen LogP contribution < -0.4 is 16.0 Å². The minimum Gasteiger partial charge on any atom is -0.324 e. The number of thiazole rings is 1. The SMILES string of the molecule is NNc1ccc(S(=O)(=O)Nc2ccc3ncsc3c2)cc1. The molecule has 0 saturated heterocycles. The number of rotatable bonds is 4. The molecular formula is C13H12N4O2S2. The molecule has 0 saturated carbocycles. The molecule has 1 heterocycles. The predicted octanol–water partition coefficient (Wildman–Crippen LogP) is 2.38. The van der Waals surface area contributed by atoms with E-state index in [1.807, 2.05) is 0 Å². The third kappa shape index (κ3) is 2.82. The summed E-state index contributed by atoms with van der Waals surface area (Å²) >= 11 is 1.46. The molecule has 0 spiro atoms. The van der Waals surface area contributed by atoms with Crippen molar-refractivity contribution in [2.75, 3.05) is 10.1 Å². The number of fused-ring (bicyclic) bond motifs is 1. The van der Waals surface area contributed by atoms with Crippen molar-refractivity contribution in [3.63, 3.8) is 0 Å². The highest BCUT2D eigenvalue weighted by Crippen LogP contribution is 2.24. The maximum absolute atomic E-state index is 12.3. The summed E-state index contributed by atoms with van der Waals surface area (Å²) in [4.78, 5) is 4.33. The van der Waals surface area contributed by atoms with Crippen LogP contribution in [0.1, 0.15) is 0 Å². The van der Waals surface area contributed by atoms with E-state index in [9.17, 15) is 8.42 Å². The Labute approximate surface area is 125 Å². The lowest BCUT2D eigenvalue weighted by atomic mass is 10.3. The summed E-state index contributed by atoms with van der Waals surface area (Å²) in [6.07, 6.45) is 0. The van der Waals surface area contributed by atoms with Gasteiger partial charge in [0.05, 0.1) is 26.3 Å². The molecule has 0 amide bonds. The first-order valence-corrected chi connectivity index (χ1v) is 8.37. The van der Waals surface area contributed by atoms with Crippen molar-refractivity contribution in [1.29, 1.82) is 0 Å². The lowest BCUT2D eigenvalue weighted by Crippen LogP contribution is -2.13. The highest BCUT2D eigenvalue weighted by molar-refractivity contribution is 7.92. The van der Waals surface area contributed by atoms with Gasteiger partial charge in [-0.2, -0.15) is 0 Å². The fourth-order valence-corrected chi connectivity index (χ4v) is 3.63. The monoisotopic (exact) mass is 320 g/mol. The number of anilines is 2. The molecule has 0 atom stereocenters. The summed E-state index contributed by atoms with van der Waals surface area (Å²) in [6.45, 7) is 0. The van der Waals surface area contributed by atoms with Crippen molar-refractivity contribution in [2.45, 2.75) is 4.90 Å². The number of hydrogen-bond acceptors (Lipinski definition) is 6. The van der Waals surface area contributed by atoms with E-state index < -0.39 is 10.0 Å². The van der Waals surface area contributed by atoms with Crippen molar-refractivity contribution < 1.29 is 8.42 Å². The van der Waals surface area contributed by atoms with Crippen molar-refractivity contribution in [1.82, 2.24) is 4.98 Å². The molecule has 21 heavy (non-hydrogen) atoms. The van der Waals surface area contributed by atoms with Gasteiger partial charge in [0, 0.05) is 5.69 Å². The molecule has 3 aromatic rings. The van der Waals surface area contributed by atoms with Gasteiger partial charge in [0.2, 0.25) is 0 Å². The van der Waals surface area contributed by atoms with Gasteiger partial charge in [-0.25, -0.2) is 13.4 Å². The predicted molar refractivity (Wildman–Crippen MR) is 84.7 cm³/mol. The number of benzene rings is 2. The molecule has 1 aromatic heterocycles. The lowest BCUT2D eigenvalue weighted by Gasteiger charge is -2.08. The zero-order chi connectivity index (χ0) is 14.9. The van der Waals surface area contributed by atoms with E-state index in [0.29, 0.717) is 11.4 Å². The maximum atomic E-state index is 12.3. The summed E-state index contributed by atoms with van der Waals surface area (Å²) in [5, 5.41) is 0. The van der Waals surface area contributed by atoms with Crippen LogP contribution in [0.3, 0.4) is 0 Å². The Morgan fingerprint density at radius 1 is 1.05 bits per heavy atom. The average molecular weight is 320 g/mol. The number of aromatic nitrogens is 1. The van der Waals surface area contributed by atoms with Crippen LogP contribution in [0.15, 0.2) is 52.9 Å². The number of hydrogen-bond donors (Lipinski definition) is 3. The van der Waals surface area contributed by atoms with E-state index in [0.717, 1.165) is 10.2 Å². The summed E-state index contributed by atoms with van der Waals surface area (Å²) < 4.78 is 28.1. The Bertz CT molecular complexity index is 873. The van der Waals surface area contributed by atoms with Gasteiger partial charge in [-0.05, 0) is 42.5 Å². The van der Waals surface area contributed by atoms with Crippen LogP contribution in [0.25, 0.3) is 10.2 Å². The standard InChI is InChI=1S/C13H12N4O2S2/c14-16-9-1-4-11(5-2-9)21(18,19)17-10-3-6-12-13(7-10)20-8-15-12/h1-8,16-17H,14H2. The molecule has 4 N–H and O–H groups in total. The maximum Gasteiger partial charge on any atom is 0.261 e. The Morgan fingerprint density at radius 3 is 2.48 bits per heavy atom. The fraction of sp³-hybridized carbons (Fsp3) is 0. The quantitative estimate of drug-likeness (QED) is 0.506. The molecule has 2 aromatic carbocycles. The van der Waals surface area contributed by atoms with Crippen LogP contribution in [-0.2, 0) is 10.0 Å². The minimum absolute atomic E-state index is 0.172. The third-order valence-corrected chi connectivity index (χ3v) is 5.10. The lowest BCUT2D eigenvalue weighted by molar-refractivity contribution is 0.601. The normalized spacial score (nSPS) is 11.5. The summed E-state index contributed by atoms with van der Waals surface area (Å²) in [6, 6.07) is 11.4. The fourth-order valence-electron chi connectivity index (χ4n) is 1.86. The molecule has 8 heteroatoms. The molecular weight excluding hydrogens is 308 g/mol. The zero-order valence-electron chi connectivity index (χ0n) is 10.8. The Balaban J connectivity index is 1.90. The Hall–Kier alpha value is -2.16. The second-order valence-corrected chi connectivity index (χ2v) is 6.88. The molecule has 0 aliphatic rings. The molecule has 0 fully saturated rings. The number of nitrogens with two attached hydrogens (primary N) is 1. The molecule has 0 bridgehead atoms. The van der Waals surface area contributed by atoms with E-state index in [1.54, 1.807) is 35.8 Å². The average Bonchev–Trinajstić information content (AvgIpc) is 2.94. The summed E-state index contributed by atoms with van der Waals surface area (Å²) in [5.74, 6) is 5.26. The molecule has 6 nitrogen and oxygen atoms in total. The smallest absolute Gasteiger partial charge is 0.261 e. The second-order valence-electron chi connectivity index (χ2n) is 4.31. The first-order chi connectivity index (χ1) is 10.1. The van der Waals surface area contributed by atoms with Crippen LogP contribution >= 0.6 is 11.3 Å². The zero-order valence-corrected chi connectivity index (χ0v) is 12.4. The molecule has 0 radical (unpaired) electrons. The van der Waals surface area contributed by atoms with Crippen LogP contribution in [0, 0.1) is 0 Å². The van der Waals surface area contributed by atoms with Crippen molar-refractivity contribution in [2.24, 2.45) is 5.84 Å². The van der Waals surface area contributed by atoms with Crippen LogP contribution in [0.4, 0.5) is 11.4 Å². The van der Waals surface area contributed by atoms with Gasteiger partial charge in [0.1, 0.15) is 0 Å². The first kappa shape index (κ1) is 13.8. The van der Waals surface area contributed by atoms with Gasteiger partial charge in [0.15, 0.2) is 0 Å². The minimum atomic E-state index is -3.62. The van der Waals surface area contributed by atoms with E-state index in [4.69, 9.17) is 5.84 Å². The molecule has 3 rings (SSSR count). The van der Waals surface area contributed by atoms with E-state index >= 15 is 0 Å². The largest absolute Gasteiger partial charge is 0.324 e. The molecule has 108 valence electrons. The van der Waals surface area contributed by atoms with Gasteiger partial charge >= 0.3 is 0 Å². The van der Waals surface area contributed by atoms with Gasteiger partial charge in [-0.15, -0.1) is 11.3 Å². The van der Waals surface area contributed by atoms with Crippen molar-refractivity contribution >= 4 is 43.0 Å². The molecule has 0 unspecified atom stereocenters. The van der Waals surface area contributed by atoms with E-state index in [-0.39, 0.29) is 4.90 Å². The Kier molecular flexibility index (Phi) is 3.50. The van der Waals surface area contributed by atoms with Gasteiger partial charge in [-0.1, -0.05) is 0 Å². The number of nitrogen functional groups attached to an aromatic ring is 1. The van der Waals surface area contributed by atoms with Gasteiger partial charge in [0.25, 0.3) is 10.0 Å². The van der Waals surface area contributed by atoms with E-state index in [2.05, 4.69) is 15.1 Å². The van der Waals surface area contributed by atoms with Gasteiger partial charge in [-0.3, -0.25) is 10.6 Å². The number of nitrogens with one attached hydrogen (secondary N) is 2. The van der Waals surface area contributed by atoms with Crippen LogP contribution in [0.2, 0.25) is 0 Å². The number of sulfonamides is 1. The second kappa shape index (κ2) is 5.32. The summed E-state index contributed by atoms with van der Waals surface area (Å²) in [7, 11) is -3.62. The van der Waals surface area contributed by atoms with Gasteiger partial charge < -0.3 is 5.43 Å². The van der Waals surface area contributed by atoms with Crippen molar-refractivity contribution in [3.05, 3.63) is 48.0 Å². The highest BCUT2D eigenvalue weighted by atomic mass is 32.2. The topological polar surface area (TPSA) is 97.1 Å². The third-order valence-electron chi connectivity index (χ3n) is 2.91. The first-order valence-electron chi connectivity index (χ1n) is 6.01. The van der Waals surface area contributed by atoms with Crippen molar-refractivity contribution in [3.8, 4) is 0 Å². The molecule has 0 aliphatic carbocycles. The van der Waals surface area contributed by atoms with E-state index in [1.165, 1.54) is 23.5 Å². The van der Waals surface area contributed by atoms with Crippen LogP contribution in [0.5, 0.6) is 0 Å². The molecule has 0 aliphatic heterocycles. The number of hydrazine groups is 1. The Morgan fingerprint density at radius 2 is 1.76 bits per heavy atom. The number of nitrogens with zero attached hydrogens (tertiary/aromatic N) is 1. The highest BCUT2D eigenvalue weighted by Gasteiger charge is 2.14. The van der Waals surface area contributed by atoms with Crippen LogP contribution in [-0.4, -0.2) is 13.4 Å². The summed E-state index contributed by atoms with van der Waals surface area (Å²) in [5.41, 5.74) is 6.17.